The number of amides is 1. The minimum absolute atomic E-state index is 0.00629. The number of carbonyl (C=O) groups excluding carboxylic acids is 1. The predicted molar refractivity (Wildman–Crippen MR) is 90.9 cm³/mol. The van der Waals surface area contributed by atoms with Crippen molar-refractivity contribution in [2.24, 2.45) is 11.8 Å². The fraction of sp³-hybridized carbons (Fsp3) is 0.556. The Hall–Kier alpha value is -2.64. The number of likely N-dealkylation sites (tertiary alicyclic amines) is 1. The number of hydrogen-bond acceptors (Lipinski definition) is 5. The molecule has 2 aromatic rings. The fourth-order valence-electron chi connectivity index (χ4n) is 4.37. The van der Waals surface area contributed by atoms with Crippen molar-refractivity contribution in [1.29, 1.82) is 0 Å². The normalized spacial score (nSPS) is 24.4. The summed E-state index contributed by atoms with van der Waals surface area (Å²) in [5.74, 6) is 1.17. The summed E-state index contributed by atoms with van der Waals surface area (Å²) in [6, 6.07) is 1.66. The van der Waals surface area contributed by atoms with Gasteiger partial charge in [-0.05, 0) is 24.8 Å². The van der Waals surface area contributed by atoms with Gasteiger partial charge in [0.1, 0.15) is 12.1 Å². The Labute approximate surface area is 149 Å². The lowest BCUT2D eigenvalue weighted by Crippen LogP contribution is -2.45. The zero-order valence-corrected chi connectivity index (χ0v) is 14.3. The minimum Gasteiger partial charge on any atom is -0.472 e. The van der Waals surface area contributed by atoms with Gasteiger partial charge in [-0.3, -0.25) is 19.0 Å². The molecular formula is C18H20N4O4. The Morgan fingerprint density at radius 2 is 2.04 bits per heavy atom. The van der Waals surface area contributed by atoms with Gasteiger partial charge in [0.25, 0.3) is 5.91 Å². The van der Waals surface area contributed by atoms with Crippen molar-refractivity contribution in [2.45, 2.75) is 38.3 Å². The third kappa shape index (κ3) is 2.28. The lowest BCUT2D eigenvalue weighted by Gasteiger charge is -2.25. The molecule has 8 heteroatoms. The Morgan fingerprint density at radius 3 is 2.73 bits per heavy atom. The van der Waals surface area contributed by atoms with Crippen LogP contribution in [0.2, 0.25) is 0 Å². The molecule has 3 aliphatic rings. The van der Waals surface area contributed by atoms with E-state index in [0.717, 1.165) is 12.8 Å². The molecular weight excluding hydrogens is 336 g/mol. The van der Waals surface area contributed by atoms with Crippen molar-refractivity contribution in [2.75, 3.05) is 13.1 Å². The maximum absolute atomic E-state index is 12.6. The van der Waals surface area contributed by atoms with Crippen molar-refractivity contribution in [3.8, 4) is 0 Å². The van der Waals surface area contributed by atoms with E-state index in [0.29, 0.717) is 43.5 Å². The molecule has 8 nitrogen and oxygen atoms in total. The Bertz CT molecular complexity index is 970. The second-order valence-corrected chi connectivity index (χ2v) is 7.65. The number of fused-ring (bicyclic) bond motifs is 3. The molecule has 2 aromatic heterocycles. The first kappa shape index (κ1) is 15.6. The highest BCUT2D eigenvalue weighted by molar-refractivity contribution is 5.94. The molecule has 5 rings (SSSR count). The lowest BCUT2D eigenvalue weighted by atomic mass is 9.85. The van der Waals surface area contributed by atoms with Gasteiger partial charge in [0.15, 0.2) is 0 Å². The largest absolute Gasteiger partial charge is 0.472 e. The Morgan fingerprint density at radius 1 is 1.19 bits per heavy atom. The number of nitrogens with zero attached hydrogens (tertiary/aromatic N) is 4. The van der Waals surface area contributed by atoms with Crippen molar-refractivity contribution in [3.63, 3.8) is 0 Å². The van der Waals surface area contributed by atoms with Gasteiger partial charge in [-0.25, -0.2) is 4.68 Å². The first-order chi connectivity index (χ1) is 12.6. The third-order valence-electron chi connectivity index (χ3n) is 6.06. The molecule has 0 unspecified atom stereocenters. The molecule has 1 aliphatic carbocycles. The smallest absolute Gasteiger partial charge is 0.332 e. The van der Waals surface area contributed by atoms with E-state index in [1.807, 2.05) is 0 Å². The van der Waals surface area contributed by atoms with Crippen LogP contribution >= 0.6 is 0 Å². The molecule has 2 aliphatic heterocycles. The molecule has 136 valence electrons. The maximum Gasteiger partial charge on any atom is 0.332 e. The molecule has 0 bridgehead atoms. The number of rotatable bonds is 3. The highest BCUT2D eigenvalue weighted by Crippen LogP contribution is 2.37. The van der Waals surface area contributed by atoms with Crippen LogP contribution in [0, 0.1) is 11.8 Å². The van der Waals surface area contributed by atoms with E-state index in [9.17, 15) is 14.4 Å². The zero-order chi connectivity index (χ0) is 17.8. The number of furan rings is 1. The van der Waals surface area contributed by atoms with Crippen LogP contribution in [-0.4, -0.2) is 38.2 Å². The van der Waals surface area contributed by atoms with E-state index in [2.05, 4.69) is 5.10 Å². The standard InChI is InChI=1S/C18H20N4O4/c23-16(12-4-5-26-10-12)20-7-13-8-21-15(14(13)9-20)19-22(18(25)17(21)24)6-11-2-1-3-11/h4-5,10-11,13-14H,1-3,6-9H2/t13-,14+/m0/s1. The van der Waals surface area contributed by atoms with Crippen molar-refractivity contribution in [1.82, 2.24) is 19.2 Å². The number of aromatic nitrogens is 3. The van der Waals surface area contributed by atoms with Crippen LogP contribution in [0.25, 0.3) is 0 Å². The van der Waals surface area contributed by atoms with E-state index >= 15 is 0 Å². The fourth-order valence-corrected chi connectivity index (χ4v) is 4.37. The second-order valence-electron chi connectivity index (χ2n) is 7.65. The van der Waals surface area contributed by atoms with Crippen LogP contribution in [0.4, 0.5) is 0 Å². The van der Waals surface area contributed by atoms with Crippen LogP contribution < -0.4 is 11.1 Å². The average molecular weight is 356 g/mol. The van der Waals surface area contributed by atoms with E-state index < -0.39 is 11.1 Å². The molecule has 4 heterocycles. The van der Waals surface area contributed by atoms with Gasteiger partial charge in [-0.2, -0.15) is 5.10 Å². The summed E-state index contributed by atoms with van der Waals surface area (Å²) in [4.78, 5) is 39.2. The van der Waals surface area contributed by atoms with Gasteiger partial charge in [-0.1, -0.05) is 6.42 Å². The molecule has 1 saturated carbocycles. The summed E-state index contributed by atoms with van der Waals surface area (Å²) in [5, 5.41) is 4.55. The van der Waals surface area contributed by atoms with E-state index in [1.54, 1.807) is 11.0 Å². The topological polar surface area (TPSA) is 90.3 Å². The van der Waals surface area contributed by atoms with E-state index in [-0.39, 0.29) is 17.7 Å². The van der Waals surface area contributed by atoms with Gasteiger partial charge >= 0.3 is 11.1 Å². The first-order valence-electron chi connectivity index (χ1n) is 9.15. The Kier molecular flexibility index (Phi) is 3.41. The van der Waals surface area contributed by atoms with Crippen LogP contribution in [-0.2, 0) is 13.1 Å². The molecule has 0 radical (unpaired) electrons. The van der Waals surface area contributed by atoms with Gasteiger partial charge < -0.3 is 9.32 Å². The molecule has 0 aromatic carbocycles. The van der Waals surface area contributed by atoms with Gasteiger partial charge in [0, 0.05) is 38.0 Å². The van der Waals surface area contributed by atoms with Crippen molar-refractivity contribution >= 4 is 5.91 Å². The number of hydrogen-bond donors (Lipinski definition) is 0. The summed E-state index contributed by atoms with van der Waals surface area (Å²) in [7, 11) is 0. The summed E-state index contributed by atoms with van der Waals surface area (Å²) in [5.41, 5.74) is -0.464. The monoisotopic (exact) mass is 356 g/mol. The number of carbonyl (C=O) groups is 1. The second kappa shape index (κ2) is 5.69. The van der Waals surface area contributed by atoms with Gasteiger partial charge in [0.05, 0.1) is 11.8 Å². The van der Waals surface area contributed by atoms with Crippen LogP contribution in [0.1, 0.15) is 41.4 Å². The Balaban J connectivity index is 1.44. The molecule has 0 spiro atoms. The zero-order valence-electron chi connectivity index (χ0n) is 14.3. The van der Waals surface area contributed by atoms with Crippen LogP contribution in [0.5, 0.6) is 0 Å². The minimum atomic E-state index is -0.521. The van der Waals surface area contributed by atoms with Crippen molar-refractivity contribution < 1.29 is 9.21 Å². The molecule has 26 heavy (non-hydrogen) atoms. The van der Waals surface area contributed by atoms with Crippen molar-refractivity contribution in [3.05, 3.63) is 50.7 Å². The first-order valence-corrected chi connectivity index (χ1v) is 9.15. The SMILES string of the molecule is O=C(c1ccoc1)N1C[C@H]2Cn3c(nn(CC4CCC4)c(=O)c3=O)[C@@H]2C1. The summed E-state index contributed by atoms with van der Waals surface area (Å²) >= 11 is 0. The van der Waals surface area contributed by atoms with Gasteiger partial charge in [-0.15, -0.1) is 0 Å². The molecule has 2 fully saturated rings. The third-order valence-corrected chi connectivity index (χ3v) is 6.06. The van der Waals surface area contributed by atoms with Crippen LogP contribution in [0.3, 0.4) is 0 Å². The highest BCUT2D eigenvalue weighted by Gasteiger charge is 2.44. The summed E-state index contributed by atoms with van der Waals surface area (Å²) in [6.07, 6.45) is 6.29. The predicted octanol–water partition coefficient (Wildman–Crippen LogP) is 0.667. The van der Waals surface area contributed by atoms with Crippen LogP contribution in [0.15, 0.2) is 32.6 Å². The molecule has 2 atom stereocenters. The van der Waals surface area contributed by atoms with E-state index in [1.165, 1.54) is 28.2 Å². The van der Waals surface area contributed by atoms with E-state index in [4.69, 9.17) is 4.42 Å². The molecule has 1 amide bonds. The molecule has 1 saturated heterocycles. The molecule has 0 N–H and O–H groups in total. The maximum atomic E-state index is 12.6. The lowest BCUT2D eigenvalue weighted by molar-refractivity contribution is 0.0782. The summed E-state index contributed by atoms with van der Waals surface area (Å²) in [6.45, 7) is 2.06. The summed E-state index contributed by atoms with van der Waals surface area (Å²) < 4.78 is 7.88. The quantitative estimate of drug-likeness (QED) is 0.754. The van der Waals surface area contributed by atoms with Gasteiger partial charge in [0.2, 0.25) is 0 Å². The average Bonchev–Trinajstić information content (AvgIpc) is 3.30. The highest BCUT2D eigenvalue weighted by atomic mass is 16.3.